The van der Waals surface area contributed by atoms with Gasteiger partial charge in [0.1, 0.15) is 5.39 Å². The number of anilines is 1. The number of nitrogens with one attached hydrogen (secondary N) is 2. The molecule has 1 atom stereocenters. The molecular weight excluding hydrogens is 370 g/mol. The molecule has 0 spiro atoms. The van der Waals surface area contributed by atoms with Gasteiger partial charge in [0.25, 0.3) is 5.56 Å². The monoisotopic (exact) mass is 391 g/mol. The van der Waals surface area contributed by atoms with Crippen LogP contribution in [0.4, 0.5) is 5.95 Å². The number of aromatic nitrogens is 6. The van der Waals surface area contributed by atoms with Gasteiger partial charge >= 0.3 is 5.69 Å². The van der Waals surface area contributed by atoms with Crippen molar-refractivity contribution in [2.75, 3.05) is 5.32 Å². The molecule has 148 valence electrons. The average Bonchev–Trinajstić information content (AvgIpc) is 3.04. The first kappa shape index (κ1) is 18.6. The predicted octanol–water partition coefficient (Wildman–Crippen LogP) is 1.74. The van der Waals surface area contributed by atoms with Gasteiger partial charge in [0.05, 0.1) is 18.3 Å². The van der Waals surface area contributed by atoms with Gasteiger partial charge in [-0.15, -0.1) is 0 Å². The summed E-state index contributed by atoms with van der Waals surface area (Å²) in [7, 11) is 1.86. The normalized spacial score (nSPS) is 12.2. The van der Waals surface area contributed by atoms with Gasteiger partial charge in [-0.05, 0) is 19.4 Å². The second-order valence-electron chi connectivity index (χ2n) is 6.97. The number of aryl methyl sites for hydroxylation is 2. The lowest BCUT2D eigenvalue weighted by Crippen LogP contribution is -2.35. The molecule has 2 N–H and O–H groups in total. The molecule has 0 aliphatic rings. The van der Waals surface area contributed by atoms with Crippen LogP contribution in [0.2, 0.25) is 0 Å². The van der Waals surface area contributed by atoms with Gasteiger partial charge in [0, 0.05) is 25.0 Å². The molecule has 0 amide bonds. The van der Waals surface area contributed by atoms with Crippen LogP contribution in [0.5, 0.6) is 0 Å². The number of H-pyrrole nitrogens is 1. The van der Waals surface area contributed by atoms with Crippen molar-refractivity contribution in [1.29, 1.82) is 0 Å². The first-order chi connectivity index (χ1) is 13.9. The van der Waals surface area contributed by atoms with Gasteiger partial charge in [-0.1, -0.05) is 30.3 Å². The van der Waals surface area contributed by atoms with E-state index in [1.54, 1.807) is 4.68 Å². The van der Waals surface area contributed by atoms with Crippen LogP contribution in [-0.4, -0.2) is 29.3 Å². The largest absolute Gasteiger partial charge is 0.348 e. The third-order valence-electron chi connectivity index (χ3n) is 4.78. The van der Waals surface area contributed by atoms with E-state index in [1.807, 2.05) is 57.4 Å². The maximum atomic E-state index is 12.8. The highest BCUT2D eigenvalue weighted by Crippen LogP contribution is 2.19. The Morgan fingerprint density at radius 1 is 1.21 bits per heavy atom. The van der Waals surface area contributed by atoms with Crippen molar-refractivity contribution < 1.29 is 0 Å². The molecule has 4 aromatic rings. The van der Waals surface area contributed by atoms with Crippen molar-refractivity contribution in [2.24, 2.45) is 7.05 Å². The number of benzene rings is 1. The number of rotatable bonds is 5. The maximum Gasteiger partial charge on any atom is 0.330 e. The van der Waals surface area contributed by atoms with Crippen LogP contribution in [0.3, 0.4) is 0 Å². The molecule has 4 rings (SSSR count). The number of hydrogen-bond acceptors (Lipinski definition) is 6. The molecular formula is C20H21N7O2. The number of hydrogen-bond donors (Lipinski definition) is 2. The molecule has 1 aromatic carbocycles. The second-order valence-corrected chi connectivity index (χ2v) is 6.97. The molecule has 0 unspecified atom stereocenters. The van der Waals surface area contributed by atoms with Gasteiger partial charge in [-0.3, -0.25) is 19.0 Å². The summed E-state index contributed by atoms with van der Waals surface area (Å²) in [5.41, 5.74) is 2.06. The lowest BCUT2D eigenvalue weighted by Gasteiger charge is -2.13. The molecule has 9 heteroatoms. The van der Waals surface area contributed by atoms with Gasteiger partial charge in [-0.25, -0.2) is 9.78 Å². The molecule has 0 saturated carbocycles. The fraction of sp³-hybridized carbons (Fsp3) is 0.250. The third-order valence-corrected chi connectivity index (χ3v) is 4.78. The van der Waals surface area contributed by atoms with E-state index in [4.69, 9.17) is 0 Å². The second kappa shape index (κ2) is 7.34. The van der Waals surface area contributed by atoms with E-state index >= 15 is 0 Å². The minimum Gasteiger partial charge on any atom is -0.348 e. The van der Waals surface area contributed by atoms with Crippen LogP contribution in [0.15, 0.2) is 52.3 Å². The standard InChI is InChI=1S/C20H21N7O2/c1-12(16-11-26(3)25-13(16)2)22-19-21-9-15-17(23-19)24-20(29)27(18(15)28)10-14-7-5-4-6-8-14/h4-9,11-12H,10H2,1-3H3,(H2,21,22,23,24,29)/t12-/m0/s1. The minimum absolute atomic E-state index is 0.0914. The van der Waals surface area contributed by atoms with E-state index < -0.39 is 11.2 Å². The van der Waals surface area contributed by atoms with Crippen LogP contribution < -0.4 is 16.6 Å². The number of nitrogens with zero attached hydrogens (tertiary/aromatic N) is 5. The molecule has 0 aliphatic carbocycles. The van der Waals surface area contributed by atoms with Gasteiger partial charge in [0.15, 0.2) is 5.65 Å². The lowest BCUT2D eigenvalue weighted by atomic mass is 10.1. The fourth-order valence-electron chi connectivity index (χ4n) is 3.33. The summed E-state index contributed by atoms with van der Waals surface area (Å²) < 4.78 is 2.90. The van der Waals surface area contributed by atoms with Crippen molar-refractivity contribution in [1.82, 2.24) is 29.3 Å². The molecule has 0 aliphatic heterocycles. The van der Waals surface area contributed by atoms with Crippen molar-refractivity contribution in [3.8, 4) is 0 Å². The molecule has 9 nitrogen and oxygen atoms in total. The van der Waals surface area contributed by atoms with Crippen LogP contribution in [0.1, 0.15) is 29.8 Å². The van der Waals surface area contributed by atoms with Gasteiger partial charge < -0.3 is 5.32 Å². The third kappa shape index (κ3) is 3.66. The van der Waals surface area contributed by atoms with Gasteiger partial charge in [0.2, 0.25) is 5.95 Å². The Labute approximate surface area is 166 Å². The highest BCUT2D eigenvalue weighted by atomic mass is 16.2. The molecule has 0 bridgehead atoms. The molecule has 0 fully saturated rings. The Balaban J connectivity index is 1.66. The molecule has 0 radical (unpaired) electrons. The summed E-state index contributed by atoms with van der Waals surface area (Å²) in [4.78, 5) is 36.5. The molecule has 0 saturated heterocycles. The Morgan fingerprint density at radius 3 is 2.66 bits per heavy atom. The SMILES string of the molecule is Cc1nn(C)cc1[C@H](C)Nc1ncc2c(=O)n(Cc3ccccc3)c(=O)[nH]c2n1. The Kier molecular flexibility index (Phi) is 4.71. The first-order valence-corrected chi connectivity index (χ1v) is 9.23. The van der Waals surface area contributed by atoms with Gasteiger partial charge in [-0.2, -0.15) is 10.1 Å². The summed E-state index contributed by atoms with van der Waals surface area (Å²) >= 11 is 0. The zero-order valence-electron chi connectivity index (χ0n) is 16.4. The zero-order chi connectivity index (χ0) is 20.5. The van der Waals surface area contributed by atoms with Crippen molar-refractivity contribution in [2.45, 2.75) is 26.4 Å². The summed E-state index contributed by atoms with van der Waals surface area (Å²) in [5.74, 6) is 0.323. The zero-order valence-corrected chi connectivity index (χ0v) is 16.4. The van der Waals surface area contributed by atoms with Crippen LogP contribution >= 0.6 is 0 Å². The summed E-state index contributed by atoms with van der Waals surface area (Å²) in [6.07, 6.45) is 3.37. The van der Waals surface area contributed by atoms with E-state index in [0.717, 1.165) is 21.4 Å². The van der Waals surface area contributed by atoms with Crippen LogP contribution in [0.25, 0.3) is 11.0 Å². The Morgan fingerprint density at radius 2 is 1.97 bits per heavy atom. The Hall–Kier alpha value is -3.75. The first-order valence-electron chi connectivity index (χ1n) is 9.23. The summed E-state index contributed by atoms with van der Waals surface area (Å²) in [6.45, 7) is 4.09. The maximum absolute atomic E-state index is 12.8. The molecule has 3 aromatic heterocycles. The van der Waals surface area contributed by atoms with Crippen molar-refractivity contribution in [3.05, 3.63) is 80.4 Å². The number of aromatic amines is 1. The van der Waals surface area contributed by atoms with Crippen molar-refractivity contribution >= 4 is 17.0 Å². The van der Waals surface area contributed by atoms with E-state index in [2.05, 4.69) is 25.4 Å². The fourth-order valence-corrected chi connectivity index (χ4v) is 3.33. The van der Waals surface area contributed by atoms with Crippen LogP contribution in [0, 0.1) is 6.92 Å². The van der Waals surface area contributed by atoms with E-state index in [9.17, 15) is 9.59 Å². The highest BCUT2D eigenvalue weighted by molar-refractivity contribution is 5.73. The Bertz CT molecular complexity index is 1290. The minimum atomic E-state index is -0.507. The van der Waals surface area contributed by atoms with E-state index in [0.29, 0.717) is 5.95 Å². The topological polar surface area (TPSA) is 110 Å². The molecule has 3 heterocycles. The van der Waals surface area contributed by atoms with Crippen LogP contribution in [-0.2, 0) is 13.6 Å². The smallest absolute Gasteiger partial charge is 0.330 e. The summed E-state index contributed by atoms with van der Waals surface area (Å²) in [5, 5.41) is 7.79. The predicted molar refractivity (Wildman–Crippen MR) is 110 cm³/mol. The van der Waals surface area contributed by atoms with Crippen molar-refractivity contribution in [3.63, 3.8) is 0 Å². The highest BCUT2D eigenvalue weighted by Gasteiger charge is 2.15. The summed E-state index contributed by atoms with van der Waals surface area (Å²) in [6, 6.07) is 9.24. The van der Waals surface area contributed by atoms with E-state index in [1.165, 1.54) is 6.20 Å². The lowest BCUT2D eigenvalue weighted by molar-refractivity contribution is 0.709. The van der Waals surface area contributed by atoms with E-state index in [-0.39, 0.29) is 23.6 Å². The number of fused-ring (bicyclic) bond motifs is 1. The average molecular weight is 391 g/mol. The molecule has 29 heavy (non-hydrogen) atoms. The quantitative estimate of drug-likeness (QED) is 0.536.